The molecule has 0 saturated heterocycles. The fourth-order valence-electron chi connectivity index (χ4n) is 4.94. The van der Waals surface area contributed by atoms with E-state index in [4.69, 9.17) is 4.74 Å². The largest absolute Gasteiger partial charge is 0.443 e. The van der Waals surface area contributed by atoms with Crippen molar-refractivity contribution >= 4 is 40.8 Å². The predicted molar refractivity (Wildman–Crippen MR) is 141 cm³/mol. The van der Waals surface area contributed by atoms with Crippen molar-refractivity contribution in [2.75, 3.05) is 15.5 Å². The summed E-state index contributed by atoms with van der Waals surface area (Å²) in [5.74, 6) is 0.892. The van der Waals surface area contributed by atoms with Gasteiger partial charge in [-0.1, -0.05) is 12.1 Å². The first-order valence-corrected chi connectivity index (χ1v) is 12.7. The van der Waals surface area contributed by atoms with Gasteiger partial charge in [0.25, 0.3) is 0 Å². The minimum absolute atomic E-state index is 0.213. The van der Waals surface area contributed by atoms with Gasteiger partial charge in [0.15, 0.2) is 5.65 Å². The van der Waals surface area contributed by atoms with Gasteiger partial charge in [-0.15, -0.1) is 5.10 Å². The van der Waals surface area contributed by atoms with Crippen molar-refractivity contribution in [3.63, 3.8) is 0 Å². The fourth-order valence-corrected chi connectivity index (χ4v) is 4.94. The number of aliphatic hydroxyl groups excluding tert-OH is 1. The van der Waals surface area contributed by atoms with Crippen LogP contribution in [0.1, 0.15) is 65.9 Å². The van der Waals surface area contributed by atoms with Gasteiger partial charge in [0.05, 0.1) is 17.2 Å². The molecule has 3 aromatic rings. The summed E-state index contributed by atoms with van der Waals surface area (Å²) in [6.07, 6.45) is 2.46. The average Bonchev–Trinajstić information content (AvgIpc) is 3.30. The Balaban J connectivity index is 1.41. The van der Waals surface area contributed by atoms with Crippen molar-refractivity contribution in [3.05, 3.63) is 42.0 Å². The number of imide groups is 1. The number of aromatic nitrogens is 3. The van der Waals surface area contributed by atoms with E-state index < -0.39 is 17.1 Å². The predicted octanol–water partition coefficient (Wildman–Crippen LogP) is 4.75. The number of nitrogens with zero attached hydrogens (tertiary/aromatic N) is 4. The minimum atomic E-state index is -0.859. The lowest BCUT2D eigenvalue weighted by atomic mass is 9.86. The van der Waals surface area contributed by atoms with Crippen LogP contribution in [0.15, 0.2) is 36.4 Å². The Kier molecular flexibility index (Phi) is 6.10. The molecule has 2 amide bonds. The molecule has 0 radical (unpaired) electrons. The van der Waals surface area contributed by atoms with Crippen LogP contribution in [0.25, 0.3) is 5.65 Å². The van der Waals surface area contributed by atoms with E-state index in [1.54, 1.807) is 45.2 Å². The zero-order valence-corrected chi connectivity index (χ0v) is 21.9. The van der Waals surface area contributed by atoms with Crippen molar-refractivity contribution in [1.82, 2.24) is 14.6 Å². The third kappa shape index (κ3) is 4.85. The van der Waals surface area contributed by atoms with Crippen LogP contribution in [0.4, 0.5) is 27.9 Å². The summed E-state index contributed by atoms with van der Waals surface area (Å²) < 4.78 is 7.27. The van der Waals surface area contributed by atoms with E-state index in [-0.39, 0.29) is 18.1 Å². The van der Waals surface area contributed by atoms with Crippen molar-refractivity contribution in [2.24, 2.45) is 0 Å². The van der Waals surface area contributed by atoms with Crippen LogP contribution < -0.4 is 15.5 Å². The number of rotatable bonds is 4. The quantitative estimate of drug-likeness (QED) is 0.464. The van der Waals surface area contributed by atoms with E-state index in [1.807, 2.05) is 30.3 Å². The van der Waals surface area contributed by atoms with Gasteiger partial charge in [0.2, 0.25) is 11.9 Å². The van der Waals surface area contributed by atoms with E-state index in [1.165, 1.54) is 0 Å². The van der Waals surface area contributed by atoms with Crippen molar-refractivity contribution in [3.8, 4) is 0 Å². The molecule has 37 heavy (non-hydrogen) atoms. The zero-order valence-electron chi connectivity index (χ0n) is 21.9. The van der Waals surface area contributed by atoms with Crippen LogP contribution in [0.2, 0.25) is 0 Å². The van der Waals surface area contributed by atoms with E-state index in [2.05, 4.69) is 20.7 Å². The highest BCUT2D eigenvalue weighted by atomic mass is 16.6. The van der Waals surface area contributed by atoms with E-state index >= 15 is 0 Å². The molecule has 2 aromatic heterocycles. The summed E-state index contributed by atoms with van der Waals surface area (Å²) >= 11 is 0. The second-order valence-corrected chi connectivity index (χ2v) is 11.4. The van der Waals surface area contributed by atoms with Crippen LogP contribution in [0.5, 0.6) is 0 Å². The number of hydrogen-bond acceptors (Lipinski definition) is 8. The number of fused-ring (bicyclic) bond motifs is 2. The number of benzene rings is 1. The van der Waals surface area contributed by atoms with Crippen LogP contribution >= 0.6 is 0 Å². The average molecular weight is 507 g/mol. The molecule has 0 spiro atoms. The molecule has 0 atom stereocenters. The molecule has 10 heteroatoms. The first-order chi connectivity index (χ1) is 17.4. The molecule has 0 unspecified atom stereocenters. The normalized spacial score (nSPS) is 21.1. The minimum Gasteiger partial charge on any atom is -0.443 e. The number of hydrogen-bond donors (Lipinski definition) is 3. The van der Waals surface area contributed by atoms with E-state index in [0.29, 0.717) is 23.0 Å². The molecular weight excluding hydrogens is 472 g/mol. The maximum absolute atomic E-state index is 13.2. The van der Waals surface area contributed by atoms with Crippen LogP contribution in [-0.4, -0.2) is 49.5 Å². The highest BCUT2D eigenvalue weighted by molar-refractivity contribution is 6.21. The van der Waals surface area contributed by atoms with Gasteiger partial charge in [0, 0.05) is 11.7 Å². The summed E-state index contributed by atoms with van der Waals surface area (Å²) in [4.78, 5) is 31.8. The Morgan fingerprint density at radius 1 is 1.14 bits per heavy atom. The molecule has 1 aliphatic heterocycles. The molecule has 1 aliphatic carbocycles. The van der Waals surface area contributed by atoms with Gasteiger partial charge in [-0.25, -0.2) is 9.69 Å². The van der Waals surface area contributed by atoms with Crippen LogP contribution in [-0.2, 0) is 14.9 Å². The summed E-state index contributed by atoms with van der Waals surface area (Å²) in [5.41, 5.74) is 0.965. The molecule has 5 rings (SSSR count). The summed E-state index contributed by atoms with van der Waals surface area (Å²) in [6, 6.07) is 11.5. The number of ether oxygens (including phenoxy) is 1. The number of nitrogens with one attached hydrogen (secondary N) is 2. The highest BCUT2D eigenvalue weighted by Crippen LogP contribution is 2.43. The molecule has 10 nitrogen and oxygen atoms in total. The Morgan fingerprint density at radius 2 is 1.86 bits per heavy atom. The molecule has 1 fully saturated rings. The summed E-state index contributed by atoms with van der Waals surface area (Å²) in [6.45, 7) is 8.91. The van der Waals surface area contributed by atoms with Gasteiger partial charge < -0.3 is 20.5 Å². The van der Waals surface area contributed by atoms with E-state index in [9.17, 15) is 14.7 Å². The van der Waals surface area contributed by atoms with Gasteiger partial charge in [0.1, 0.15) is 11.4 Å². The second kappa shape index (κ2) is 9.02. The topological polar surface area (TPSA) is 121 Å². The number of aliphatic hydroxyl groups is 1. The Hall–Kier alpha value is -3.66. The number of amides is 2. The standard InChI is InChI=1S/C27H34N6O4/c1-26(2,3)37-25(36)32-20-15-17(11-14-19(20)27(4,5)23(32)35)29-24-30-22-8-6-7-21(33(22)31-24)28-16-9-12-18(34)13-10-16/h6-8,11,14-16,18,28,34H,9-10,12-13H2,1-5H3,(H,29,31). The van der Waals surface area contributed by atoms with Gasteiger partial charge >= 0.3 is 6.09 Å². The number of anilines is 4. The molecule has 1 saturated carbocycles. The Bertz CT molecular complexity index is 1350. The lowest BCUT2D eigenvalue weighted by molar-refractivity contribution is -0.121. The van der Waals surface area contributed by atoms with Crippen molar-refractivity contribution in [2.45, 2.75) is 83.5 Å². The zero-order chi connectivity index (χ0) is 26.5. The molecule has 2 aliphatic rings. The maximum Gasteiger partial charge on any atom is 0.421 e. The number of carbonyl (C=O) groups excluding carboxylic acids is 2. The van der Waals surface area contributed by atoms with E-state index in [0.717, 1.165) is 42.0 Å². The molecular formula is C27H34N6O4. The molecule has 0 bridgehead atoms. The lowest BCUT2D eigenvalue weighted by Crippen LogP contribution is -2.43. The van der Waals surface area contributed by atoms with Gasteiger partial charge in [-0.3, -0.25) is 4.79 Å². The monoisotopic (exact) mass is 506 g/mol. The van der Waals surface area contributed by atoms with Gasteiger partial charge in [-0.05, 0) is 90.1 Å². The van der Waals surface area contributed by atoms with Crippen molar-refractivity contribution in [1.29, 1.82) is 0 Å². The van der Waals surface area contributed by atoms with Gasteiger partial charge in [-0.2, -0.15) is 9.50 Å². The molecule has 1 aromatic carbocycles. The lowest BCUT2D eigenvalue weighted by Gasteiger charge is -2.26. The van der Waals surface area contributed by atoms with Crippen LogP contribution in [0, 0.1) is 0 Å². The Morgan fingerprint density at radius 3 is 2.57 bits per heavy atom. The number of carbonyl (C=O) groups is 2. The fraction of sp³-hybridized carbons (Fsp3) is 0.481. The third-order valence-corrected chi connectivity index (χ3v) is 6.89. The summed E-state index contributed by atoms with van der Waals surface area (Å²) in [7, 11) is 0. The maximum atomic E-state index is 13.2. The highest BCUT2D eigenvalue weighted by Gasteiger charge is 2.48. The molecule has 3 heterocycles. The van der Waals surface area contributed by atoms with Crippen molar-refractivity contribution < 1.29 is 19.4 Å². The second-order valence-electron chi connectivity index (χ2n) is 11.4. The SMILES string of the molecule is CC(C)(C)OC(=O)N1C(=O)C(C)(C)c2ccc(Nc3nc4cccc(NC5CCC(O)CC5)n4n3)cc21. The van der Waals surface area contributed by atoms with Crippen LogP contribution in [0.3, 0.4) is 0 Å². The molecule has 3 N–H and O–H groups in total. The first-order valence-electron chi connectivity index (χ1n) is 12.7. The Labute approximate surface area is 216 Å². The molecule has 196 valence electrons. The first kappa shape index (κ1) is 25.0. The summed E-state index contributed by atoms with van der Waals surface area (Å²) in [5, 5.41) is 21.2. The number of pyridine rings is 1. The third-order valence-electron chi connectivity index (χ3n) is 6.89. The smallest absolute Gasteiger partial charge is 0.421 e.